The Balaban J connectivity index is 1.34. The first kappa shape index (κ1) is 28.5. The van der Waals surface area contributed by atoms with Gasteiger partial charge in [0.1, 0.15) is 6.04 Å². The molecule has 0 bridgehead atoms. The van der Waals surface area contributed by atoms with Crippen molar-refractivity contribution < 1.29 is 32.3 Å². The minimum absolute atomic E-state index is 0.0139. The number of aliphatic hydroxyl groups is 1. The first-order chi connectivity index (χ1) is 20.0. The number of hydrogen-bond donors (Lipinski definition) is 3. The van der Waals surface area contributed by atoms with Gasteiger partial charge in [-0.1, -0.05) is 55.0 Å². The number of nitrogens with zero attached hydrogens (tertiary/aromatic N) is 1. The maximum absolute atomic E-state index is 14.6. The van der Waals surface area contributed by atoms with E-state index < -0.39 is 50.4 Å². The Morgan fingerprint density at radius 2 is 1.76 bits per heavy atom. The number of rotatable bonds is 7. The van der Waals surface area contributed by atoms with Gasteiger partial charge in [-0.05, 0) is 54.7 Å². The van der Waals surface area contributed by atoms with Crippen LogP contribution < -0.4 is 10.6 Å². The highest BCUT2D eigenvalue weighted by Gasteiger charge is 2.56. The van der Waals surface area contributed by atoms with Crippen LogP contribution in [0.5, 0.6) is 0 Å². The predicted octanol–water partition coefficient (Wildman–Crippen LogP) is 2.40. The van der Waals surface area contributed by atoms with Crippen molar-refractivity contribution in [2.75, 3.05) is 19.3 Å². The first-order valence-electron chi connectivity index (χ1n) is 14.4. The van der Waals surface area contributed by atoms with E-state index >= 15 is 0 Å². The van der Waals surface area contributed by atoms with Crippen molar-refractivity contribution in [2.45, 2.75) is 49.8 Å². The lowest BCUT2D eigenvalue weighted by Gasteiger charge is -2.34. The highest BCUT2D eigenvalue weighted by atomic mass is 32.2. The fourth-order valence-corrected chi connectivity index (χ4v) is 7.81. The van der Waals surface area contributed by atoms with Crippen LogP contribution in [0, 0.1) is 17.8 Å². The number of fused-ring (bicyclic) bond motifs is 4. The van der Waals surface area contributed by atoms with Gasteiger partial charge >= 0.3 is 0 Å². The van der Waals surface area contributed by atoms with Gasteiger partial charge in [-0.25, -0.2) is 8.42 Å². The van der Waals surface area contributed by atoms with E-state index in [1.165, 1.54) is 4.90 Å². The van der Waals surface area contributed by atoms with Gasteiger partial charge in [0.2, 0.25) is 26.8 Å². The zero-order chi connectivity index (χ0) is 29.8. The molecule has 1 saturated carbocycles. The monoisotopic (exact) mass is 595 g/mol. The van der Waals surface area contributed by atoms with Crippen molar-refractivity contribution in [1.82, 2.24) is 15.5 Å². The van der Waals surface area contributed by atoms with Crippen molar-refractivity contribution >= 4 is 27.6 Å². The second-order valence-corrected chi connectivity index (χ2v) is 13.9. The number of sulfone groups is 1. The summed E-state index contributed by atoms with van der Waals surface area (Å²) < 4.78 is 38.4. The molecule has 2 aromatic carbocycles. The molecule has 6 rings (SSSR count). The number of benzene rings is 2. The third kappa shape index (κ3) is 4.72. The molecule has 3 N–H and O–H groups in total. The summed E-state index contributed by atoms with van der Waals surface area (Å²) in [5, 5.41) is 16.3. The molecule has 5 atom stereocenters. The lowest BCUT2D eigenvalue weighted by molar-refractivity contribution is -0.152. The Kier molecular flexibility index (Phi) is 7.21. The van der Waals surface area contributed by atoms with Crippen LogP contribution in [0.4, 0.5) is 4.39 Å². The van der Waals surface area contributed by atoms with Gasteiger partial charge in [0.05, 0.1) is 6.04 Å². The first-order valence-corrected chi connectivity index (χ1v) is 16.3. The fraction of sp³-hybridized carbons (Fsp3) is 0.452. The molecule has 0 aromatic heterocycles. The molecule has 2 heterocycles. The van der Waals surface area contributed by atoms with Crippen LogP contribution in [-0.2, 0) is 29.8 Å². The number of amides is 3. The second-order valence-electron chi connectivity index (χ2n) is 11.9. The number of likely N-dealkylation sites (tertiary alicyclic amines) is 1. The van der Waals surface area contributed by atoms with Gasteiger partial charge in [0.15, 0.2) is 5.60 Å². The molecule has 3 fully saturated rings. The van der Waals surface area contributed by atoms with Crippen molar-refractivity contribution in [3.05, 3.63) is 70.9 Å². The fourth-order valence-electron chi connectivity index (χ4n) is 7.40. The summed E-state index contributed by atoms with van der Waals surface area (Å²) in [7, 11) is -4.17. The molecule has 2 aliphatic carbocycles. The highest BCUT2D eigenvalue weighted by molar-refractivity contribution is 7.94. The van der Waals surface area contributed by atoms with E-state index in [9.17, 15) is 32.3 Å². The summed E-state index contributed by atoms with van der Waals surface area (Å²) in [5.41, 5.74) is 0.418. The Morgan fingerprint density at radius 1 is 1.12 bits per heavy atom. The molecule has 11 heteroatoms. The summed E-state index contributed by atoms with van der Waals surface area (Å²) in [6, 6.07) is 12.3. The maximum Gasteiger partial charge on any atom is 0.264 e. The standard InChI is InChI=1S/C31H34FN3O6S/c1-42(40,41)26(32)16-20(15-18-13-14-33-28(18)36)34-29(37)27-21-10-6-7-19(21)17-35(27)30(38)31(39)24-11-4-2-8-22(24)23-9-3-5-12-25(23)31/h2-5,8-9,11-12,16,18-21,27,39H,6-7,10,13-15,17H2,1H3,(H,33,36)(H,34,37)/b26-16+/t18-,19+,20-,21+,27+/m0/s1. The molecule has 0 unspecified atom stereocenters. The Hall–Kier alpha value is -3.57. The molecule has 4 aliphatic rings. The minimum Gasteiger partial charge on any atom is -0.372 e. The maximum atomic E-state index is 14.6. The number of carbonyl (C=O) groups is 3. The van der Waals surface area contributed by atoms with Crippen LogP contribution in [0.3, 0.4) is 0 Å². The zero-order valence-corrected chi connectivity index (χ0v) is 24.1. The van der Waals surface area contributed by atoms with E-state index in [1.54, 1.807) is 24.3 Å². The van der Waals surface area contributed by atoms with Crippen molar-refractivity contribution in [3.63, 3.8) is 0 Å². The summed E-state index contributed by atoms with van der Waals surface area (Å²) in [5.74, 6) is -2.02. The van der Waals surface area contributed by atoms with Crippen LogP contribution in [0.25, 0.3) is 11.1 Å². The van der Waals surface area contributed by atoms with E-state index in [2.05, 4.69) is 10.6 Å². The third-order valence-electron chi connectivity index (χ3n) is 9.37. The van der Waals surface area contributed by atoms with E-state index in [4.69, 9.17) is 0 Å². The summed E-state index contributed by atoms with van der Waals surface area (Å²) >= 11 is 0. The summed E-state index contributed by atoms with van der Waals surface area (Å²) in [6.45, 7) is 0.732. The molecule has 0 spiro atoms. The van der Waals surface area contributed by atoms with E-state index in [1.807, 2.05) is 24.3 Å². The average Bonchev–Trinajstić information content (AvgIpc) is 3.72. The largest absolute Gasteiger partial charge is 0.372 e. The van der Waals surface area contributed by atoms with Crippen molar-refractivity contribution in [2.24, 2.45) is 17.8 Å². The SMILES string of the molecule is CS(=O)(=O)/C(F)=C/[C@H](C[C@@H]1CCNC1=O)NC(=O)[C@H]1[C@@H]2CCC[C@@H]2CN1C(=O)C1(O)c2ccccc2-c2ccccc21. The lowest BCUT2D eigenvalue weighted by atomic mass is 9.88. The Bertz CT molecular complexity index is 1540. The van der Waals surface area contributed by atoms with E-state index in [0.717, 1.165) is 36.3 Å². The predicted molar refractivity (Wildman–Crippen MR) is 153 cm³/mol. The van der Waals surface area contributed by atoms with Crippen LogP contribution in [0.2, 0.25) is 0 Å². The summed E-state index contributed by atoms with van der Waals surface area (Å²) in [4.78, 5) is 42.2. The smallest absolute Gasteiger partial charge is 0.264 e. The van der Waals surface area contributed by atoms with Gasteiger partial charge in [0, 0.05) is 36.4 Å². The topological polar surface area (TPSA) is 133 Å². The van der Waals surface area contributed by atoms with E-state index in [0.29, 0.717) is 30.5 Å². The van der Waals surface area contributed by atoms with Crippen molar-refractivity contribution in [3.8, 4) is 11.1 Å². The number of hydrogen-bond acceptors (Lipinski definition) is 6. The van der Waals surface area contributed by atoms with Crippen LogP contribution in [0.1, 0.15) is 43.2 Å². The molecule has 42 heavy (non-hydrogen) atoms. The molecule has 222 valence electrons. The molecule has 2 saturated heterocycles. The number of nitrogens with one attached hydrogen (secondary N) is 2. The second kappa shape index (κ2) is 10.6. The van der Waals surface area contributed by atoms with Gasteiger partial charge < -0.3 is 20.6 Å². The molecule has 0 radical (unpaired) electrons. The Morgan fingerprint density at radius 3 is 2.36 bits per heavy atom. The minimum atomic E-state index is -4.17. The number of carbonyl (C=O) groups excluding carboxylic acids is 3. The Labute approximate surface area is 244 Å². The lowest BCUT2D eigenvalue weighted by Crippen LogP contribution is -2.55. The van der Waals surface area contributed by atoms with Gasteiger partial charge in [0.25, 0.3) is 5.91 Å². The number of halogens is 1. The van der Waals surface area contributed by atoms with Crippen molar-refractivity contribution in [1.29, 1.82) is 0 Å². The molecule has 2 aliphatic heterocycles. The van der Waals surface area contributed by atoms with Gasteiger partial charge in [-0.2, -0.15) is 4.39 Å². The zero-order valence-electron chi connectivity index (χ0n) is 23.3. The summed E-state index contributed by atoms with van der Waals surface area (Å²) in [6.07, 6.45) is 4.50. The van der Waals surface area contributed by atoms with E-state index in [-0.39, 0.29) is 30.7 Å². The molecule has 2 aromatic rings. The van der Waals surface area contributed by atoms with Crippen LogP contribution in [0.15, 0.2) is 59.8 Å². The quantitative estimate of drug-likeness (QED) is 0.451. The van der Waals surface area contributed by atoms with Gasteiger partial charge in [-0.15, -0.1) is 0 Å². The third-order valence-corrected chi connectivity index (χ3v) is 10.2. The normalized spacial score (nSPS) is 26.8. The average molecular weight is 596 g/mol. The van der Waals surface area contributed by atoms with Gasteiger partial charge in [-0.3, -0.25) is 14.4 Å². The molecular weight excluding hydrogens is 561 g/mol. The highest BCUT2D eigenvalue weighted by Crippen LogP contribution is 2.50. The molecule has 3 amide bonds. The van der Waals surface area contributed by atoms with Crippen LogP contribution in [-0.4, -0.2) is 67.6 Å². The molecular formula is C31H34FN3O6S. The van der Waals surface area contributed by atoms with Crippen LogP contribution >= 0.6 is 0 Å². The molecule has 9 nitrogen and oxygen atoms in total.